The molecule has 0 aromatic heterocycles. The maximum Gasteiger partial charge on any atom is 0.200 e. The molecule has 36 heavy (non-hydrogen) atoms. The highest BCUT2D eigenvalue weighted by Crippen LogP contribution is 2.35. The largest absolute Gasteiger partial charge is 0.233 e. The van der Waals surface area contributed by atoms with E-state index in [0.29, 0.717) is 12.8 Å². The molecule has 0 unspecified atom stereocenters. The van der Waals surface area contributed by atoms with Crippen molar-refractivity contribution in [1.82, 2.24) is 0 Å². The third-order valence-electron chi connectivity index (χ3n) is 7.29. The molecule has 1 aliphatic heterocycles. The third kappa shape index (κ3) is 4.40. The van der Waals surface area contributed by atoms with E-state index in [0.717, 1.165) is 6.42 Å². The zero-order valence-electron chi connectivity index (χ0n) is 20.2. The summed E-state index contributed by atoms with van der Waals surface area (Å²) in [5.41, 5.74) is -4.45. The van der Waals surface area contributed by atoms with Gasteiger partial charge < -0.3 is 0 Å². The molecule has 0 N–H and O–H groups in total. The first-order valence-electron chi connectivity index (χ1n) is 11.3. The lowest BCUT2D eigenvalue weighted by Gasteiger charge is -2.40. The Balaban J connectivity index is 2.44. The lowest BCUT2D eigenvalue weighted by molar-refractivity contribution is -0.672. The van der Waals surface area contributed by atoms with Crippen molar-refractivity contribution in [3.8, 4) is 0 Å². The molecule has 0 aliphatic carbocycles. The van der Waals surface area contributed by atoms with Crippen LogP contribution in [0.15, 0.2) is 0 Å². The van der Waals surface area contributed by atoms with Crippen LogP contribution in [0.2, 0.25) is 5.82 Å². The Morgan fingerprint density at radius 2 is 0.861 bits per heavy atom. The van der Waals surface area contributed by atoms with E-state index in [9.17, 15) is 43.9 Å². The van der Waals surface area contributed by atoms with E-state index >= 15 is 0 Å². The Kier molecular flexibility index (Phi) is 7.33. The summed E-state index contributed by atoms with van der Waals surface area (Å²) in [5, 5.41) is 0. The van der Waals surface area contributed by atoms with Crippen LogP contribution in [-0.2, 0) is 0 Å². The topological polar surface area (TPSA) is 3.01 Å². The maximum absolute atomic E-state index is 14.9. The van der Waals surface area contributed by atoms with Gasteiger partial charge in [-0.2, -0.15) is 0 Å². The lowest BCUT2D eigenvalue weighted by Crippen LogP contribution is -2.57. The Morgan fingerprint density at radius 3 is 1.17 bits per heavy atom. The summed E-state index contributed by atoms with van der Waals surface area (Å²) < 4.78 is 145. The fraction of sp³-hybridized carbons (Fsp3) is 0.458. The number of nitrogens with zero attached hydrogens (tertiary/aromatic N) is 1. The molecule has 0 amide bonds. The van der Waals surface area contributed by atoms with E-state index in [1.165, 1.54) is 13.1 Å². The predicted octanol–water partition coefficient (Wildman–Crippen LogP) is 5.63. The number of rotatable bonds is 4. The standard InChI is InChI=1S/C24H24BF10N/c1-10(9-36-23(2,3)7-6-8-24(36,4)5)25(11-13(26)17(30)21(34)18(31)14(11)27)12-15(28)19(32)22(35)20(33)16(12)29/h9-10,25H,6-8H2,1-5H3/t10-/m0/s1. The van der Waals surface area contributed by atoms with Gasteiger partial charge in [-0.1, -0.05) is 12.7 Å². The molecule has 12 heteroatoms. The van der Waals surface area contributed by atoms with Gasteiger partial charge in [-0.25, -0.2) is 48.5 Å². The van der Waals surface area contributed by atoms with Crippen molar-refractivity contribution in [2.75, 3.05) is 0 Å². The van der Waals surface area contributed by atoms with E-state index in [-0.39, 0.29) is 0 Å². The van der Waals surface area contributed by atoms with Gasteiger partial charge >= 0.3 is 0 Å². The summed E-state index contributed by atoms with van der Waals surface area (Å²) in [4.78, 5) is 0. The second kappa shape index (κ2) is 9.41. The van der Waals surface area contributed by atoms with Crippen LogP contribution in [0.25, 0.3) is 0 Å². The molecule has 1 heterocycles. The molecule has 0 bridgehead atoms. The van der Waals surface area contributed by atoms with Crippen LogP contribution in [0.4, 0.5) is 43.9 Å². The lowest BCUT2D eigenvalue weighted by atomic mass is 9.33. The number of piperidine rings is 1. The summed E-state index contributed by atoms with van der Waals surface area (Å²) >= 11 is 0. The van der Waals surface area contributed by atoms with Crippen LogP contribution >= 0.6 is 0 Å². The molecule has 1 atom stereocenters. The van der Waals surface area contributed by atoms with Gasteiger partial charge in [-0.3, -0.25) is 0 Å². The normalized spacial score (nSPS) is 18.1. The van der Waals surface area contributed by atoms with Crippen molar-refractivity contribution in [2.45, 2.75) is 70.8 Å². The van der Waals surface area contributed by atoms with Crippen molar-refractivity contribution in [1.29, 1.82) is 0 Å². The molecular weight excluding hydrogens is 503 g/mol. The molecule has 1 saturated heterocycles. The summed E-state index contributed by atoms with van der Waals surface area (Å²) in [5.74, 6) is -25.6. The zero-order valence-corrected chi connectivity index (χ0v) is 20.2. The Hall–Kier alpha value is -2.53. The van der Waals surface area contributed by atoms with E-state index < -0.39 is 92.7 Å². The van der Waals surface area contributed by atoms with E-state index in [2.05, 4.69) is 0 Å². The highest BCUT2D eigenvalue weighted by molar-refractivity contribution is 6.88. The number of benzene rings is 2. The molecule has 3 rings (SSSR count). The van der Waals surface area contributed by atoms with Crippen LogP contribution < -0.4 is 10.9 Å². The SMILES string of the molecule is C[C@@H](C=[N+]1C(C)(C)CCCC1(C)C)[BH-](c1c(F)c(F)c(F)c(F)c1F)c1c(F)c(F)c(F)c(F)c1F. The molecule has 1 fully saturated rings. The Bertz CT molecular complexity index is 1110. The molecule has 1 aliphatic rings. The fourth-order valence-electron chi connectivity index (χ4n) is 5.57. The quantitative estimate of drug-likeness (QED) is 0.160. The minimum atomic E-state index is -3.65. The first kappa shape index (κ1) is 28.1. The first-order chi connectivity index (χ1) is 16.5. The summed E-state index contributed by atoms with van der Waals surface area (Å²) in [6, 6.07) is 0. The van der Waals surface area contributed by atoms with Crippen molar-refractivity contribution in [3.05, 3.63) is 58.2 Å². The molecule has 0 radical (unpaired) electrons. The van der Waals surface area contributed by atoms with Gasteiger partial charge in [0.1, 0.15) is 29.5 Å². The average molecular weight is 527 g/mol. The van der Waals surface area contributed by atoms with Crippen LogP contribution in [0.1, 0.15) is 53.9 Å². The minimum absolute atomic E-state index is 0.604. The molecule has 2 aromatic rings. The van der Waals surface area contributed by atoms with Crippen molar-refractivity contribution in [2.24, 2.45) is 0 Å². The molecule has 2 aromatic carbocycles. The van der Waals surface area contributed by atoms with Crippen molar-refractivity contribution in [3.63, 3.8) is 0 Å². The van der Waals surface area contributed by atoms with Gasteiger partial charge in [0.2, 0.25) is 0 Å². The van der Waals surface area contributed by atoms with Crippen LogP contribution in [0.5, 0.6) is 0 Å². The first-order valence-corrected chi connectivity index (χ1v) is 11.3. The summed E-state index contributed by atoms with van der Waals surface area (Å²) in [6.45, 7) is 4.80. The summed E-state index contributed by atoms with van der Waals surface area (Å²) in [7, 11) is 0. The second-order valence-electron chi connectivity index (χ2n) is 10.7. The minimum Gasteiger partial charge on any atom is -0.233 e. The number of halogens is 10. The second-order valence-corrected chi connectivity index (χ2v) is 10.7. The fourth-order valence-corrected chi connectivity index (χ4v) is 5.57. The van der Waals surface area contributed by atoms with Crippen LogP contribution in [0.3, 0.4) is 0 Å². The maximum atomic E-state index is 14.9. The van der Waals surface area contributed by atoms with Gasteiger partial charge in [-0.05, 0) is 34.1 Å². The van der Waals surface area contributed by atoms with Crippen LogP contribution in [0, 0.1) is 58.2 Å². The molecule has 0 saturated carbocycles. The average Bonchev–Trinajstić information content (AvgIpc) is 2.80. The highest BCUT2D eigenvalue weighted by Gasteiger charge is 2.46. The van der Waals surface area contributed by atoms with Crippen molar-refractivity contribution < 1.29 is 48.5 Å². The monoisotopic (exact) mass is 527 g/mol. The van der Waals surface area contributed by atoms with Gasteiger partial charge in [0, 0.05) is 12.8 Å². The van der Waals surface area contributed by atoms with Gasteiger partial charge in [0.05, 0.1) is 6.71 Å². The predicted molar refractivity (Wildman–Crippen MR) is 117 cm³/mol. The third-order valence-corrected chi connectivity index (χ3v) is 7.29. The smallest absolute Gasteiger partial charge is 0.200 e. The molecule has 1 nitrogen and oxygen atoms in total. The number of hydrogen-bond acceptors (Lipinski definition) is 0. The zero-order chi connectivity index (χ0) is 27.5. The Morgan fingerprint density at radius 1 is 0.583 bits per heavy atom. The Labute approximate surface area is 201 Å². The highest BCUT2D eigenvalue weighted by atomic mass is 19.2. The van der Waals surface area contributed by atoms with E-state index in [4.69, 9.17) is 0 Å². The van der Waals surface area contributed by atoms with Crippen LogP contribution in [-0.4, -0.2) is 28.6 Å². The number of hydrogen-bond donors (Lipinski definition) is 0. The molecular formula is C24H24BF10N. The van der Waals surface area contributed by atoms with E-state index in [1.807, 2.05) is 27.7 Å². The van der Waals surface area contributed by atoms with Crippen molar-refractivity contribution >= 4 is 23.9 Å². The van der Waals surface area contributed by atoms with E-state index in [1.54, 1.807) is 4.58 Å². The van der Waals surface area contributed by atoms with Gasteiger partial charge in [0.25, 0.3) is 0 Å². The molecule has 0 spiro atoms. The van der Waals surface area contributed by atoms with Gasteiger partial charge in [0.15, 0.2) is 46.0 Å². The van der Waals surface area contributed by atoms with Gasteiger partial charge in [-0.15, -0.1) is 10.9 Å². The summed E-state index contributed by atoms with van der Waals surface area (Å²) in [6.07, 6.45) is 3.38. The molecule has 198 valence electrons.